The van der Waals surface area contributed by atoms with E-state index in [-0.39, 0.29) is 23.2 Å². The first-order chi connectivity index (χ1) is 16.3. The number of ether oxygens (including phenoxy) is 3. The average Bonchev–Trinajstić information content (AvgIpc) is 3.27. The van der Waals surface area contributed by atoms with Crippen molar-refractivity contribution >= 4 is 11.9 Å². The highest BCUT2D eigenvalue weighted by molar-refractivity contribution is 6.03. The van der Waals surface area contributed by atoms with E-state index in [0.717, 1.165) is 6.07 Å². The number of benzene rings is 2. The first-order valence-electron chi connectivity index (χ1n) is 9.58. The highest BCUT2D eigenvalue weighted by Gasteiger charge is 2.33. The third-order valence-electron chi connectivity index (χ3n) is 4.27. The molecule has 0 atom stereocenters. The number of hydrogen-bond acceptors (Lipinski definition) is 8. The van der Waals surface area contributed by atoms with E-state index in [4.69, 9.17) is 13.9 Å². The molecule has 4 rings (SSSR count). The molecule has 0 saturated heterocycles. The first-order valence-corrected chi connectivity index (χ1v) is 9.58. The molecule has 34 heavy (non-hydrogen) atoms. The fraction of sp³-hybridized carbons (Fsp3) is 0.0909. The Morgan fingerprint density at radius 1 is 1.00 bits per heavy atom. The van der Waals surface area contributed by atoms with Crippen LogP contribution in [0.5, 0.6) is 23.0 Å². The van der Waals surface area contributed by atoms with E-state index >= 15 is 0 Å². The maximum atomic E-state index is 12.6. The lowest BCUT2D eigenvalue weighted by Gasteiger charge is -2.13. The summed E-state index contributed by atoms with van der Waals surface area (Å²) >= 11 is 0. The molecule has 174 valence electrons. The number of nitrogens with zero attached hydrogens (tertiary/aromatic N) is 3. The fourth-order valence-electron chi connectivity index (χ4n) is 2.79. The van der Waals surface area contributed by atoms with Gasteiger partial charge in [-0.15, -0.1) is 18.3 Å². The molecule has 0 aliphatic heterocycles. The van der Waals surface area contributed by atoms with Gasteiger partial charge in [0.25, 0.3) is 5.91 Å². The second-order valence-electron chi connectivity index (χ2n) is 6.60. The van der Waals surface area contributed by atoms with E-state index < -0.39 is 18.0 Å². The highest BCUT2D eigenvalue weighted by Crippen LogP contribution is 2.33. The number of alkyl halides is 3. The van der Waals surface area contributed by atoms with Gasteiger partial charge in [-0.2, -0.15) is 0 Å². The van der Waals surface area contributed by atoms with E-state index in [9.17, 15) is 18.0 Å². The van der Waals surface area contributed by atoms with Gasteiger partial charge in [-0.25, -0.2) is 0 Å². The van der Waals surface area contributed by atoms with Crippen LogP contribution in [-0.2, 0) is 0 Å². The molecule has 4 aromatic rings. The molecule has 0 fully saturated rings. The van der Waals surface area contributed by atoms with E-state index in [2.05, 4.69) is 25.2 Å². The quantitative estimate of drug-likeness (QED) is 0.397. The molecular weight excluding hydrogens is 457 g/mol. The van der Waals surface area contributed by atoms with Crippen LogP contribution in [0.15, 0.2) is 71.4 Å². The summed E-state index contributed by atoms with van der Waals surface area (Å²) in [5.74, 6) is -0.405. The number of carbonyl (C=O) groups is 1. The molecule has 0 spiro atoms. The number of anilines is 1. The van der Waals surface area contributed by atoms with Crippen LogP contribution in [0.3, 0.4) is 0 Å². The molecule has 2 heterocycles. The molecular formula is C22H15F3N4O5. The van der Waals surface area contributed by atoms with Crippen molar-refractivity contribution in [2.75, 3.05) is 12.4 Å². The Balaban J connectivity index is 1.44. The molecule has 0 bridgehead atoms. The Kier molecular flexibility index (Phi) is 6.30. The van der Waals surface area contributed by atoms with Gasteiger partial charge >= 0.3 is 12.4 Å². The smallest absolute Gasteiger partial charge is 0.493 e. The summed E-state index contributed by atoms with van der Waals surface area (Å²) in [4.78, 5) is 16.4. The third-order valence-corrected chi connectivity index (χ3v) is 4.27. The van der Waals surface area contributed by atoms with Crippen molar-refractivity contribution in [3.8, 4) is 34.5 Å². The van der Waals surface area contributed by atoms with Gasteiger partial charge in [0.05, 0.1) is 13.3 Å². The normalized spacial score (nSPS) is 11.1. The van der Waals surface area contributed by atoms with E-state index in [1.807, 2.05) is 0 Å². The number of aromatic nitrogens is 3. The molecule has 1 N–H and O–H groups in total. The molecule has 0 aliphatic carbocycles. The molecule has 0 radical (unpaired) electrons. The Bertz CT molecular complexity index is 1280. The third kappa shape index (κ3) is 5.59. The summed E-state index contributed by atoms with van der Waals surface area (Å²) in [7, 11) is 1.18. The molecule has 2 aromatic heterocycles. The molecule has 0 saturated carbocycles. The number of pyridine rings is 1. The summed E-state index contributed by atoms with van der Waals surface area (Å²) in [6, 6.07) is 13.3. The van der Waals surface area contributed by atoms with Crippen molar-refractivity contribution in [1.82, 2.24) is 15.2 Å². The van der Waals surface area contributed by atoms with Crippen LogP contribution in [0.1, 0.15) is 10.4 Å². The van der Waals surface area contributed by atoms with Gasteiger partial charge in [0.1, 0.15) is 11.5 Å². The van der Waals surface area contributed by atoms with Crippen LogP contribution < -0.4 is 19.5 Å². The molecule has 9 nitrogen and oxygen atoms in total. The lowest BCUT2D eigenvalue weighted by atomic mass is 10.2. The predicted octanol–water partition coefficient (Wildman–Crippen LogP) is 5.08. The van der Waals surface area contributed by atoms with Crippen LogP contribution in [0.25, 0.3) is 11.5 Å². The zero-order valence-corrected chi connectivity index (χ0v) is 17.4. The molecule has 0 aliphatic rings. The largest absolute Gasteiger partial charge is 0.573 e. The predicted molar refractivity (Wildman–Crippen MR) is 112 cm³/mol. The number of hydrogen-bond donors (Lipinski definition) is 1. The maximum absolute atomic E-state index is 12.6. The van der Waals surface area contributed by atoms with Crippen LogP contribution in [-0.4, -0.2) is 34.6 Å². The topological polar surface area (TPSA) is 109 Å². The summed E-state index contributed by atoms with van der Waals surface area (Å²) in [6.07, 6.45) is -1.75. The zero-order chi connectivity index (χ0) is 24.1. The summed E-state index contributed by atoms with van der Waals surface area (Å²) in [5, 5.41) is 9.94. The number of carbonyl (C=O) groups excluding carboxylic acids is 1. The van der Waals surface area contributed by atoms with Crippen LogP contribution in [0, 0.1) is 0 Å². The molecule has 2 aromatic carbocycles. The average molecular weight is 472 g/mol. The minimum atomic E-state index is -4.96. The lowest BCUT2D eigenvalue weighted by molar-refractivity contribution is -0.275. The standard InChI is InChI=1S/C22H15F3N4O5/c1-31-17-9-6-14(11-18(17)34-22(23,24)25)19(30)27-21-29-28-20(33-21)13-4-7-15(8-5-13)32-16-3-2-10-26-12-16/h2-12H,1H3,(H,27,29,30). The van der Waals surface area contributed by atoms with E-state index in [1.54, 1.807) is 48.8 Å². The van der Waals surface area contributed by atoms with E-state index in [0.29, 0.717) is 17.1 Å². The molecule has 0 unspecified atom stereocenters. The Hall–Kier alpha value is -4.61. The van der Waals surface area contributed by atoms with Gasteiger partial charge in [-0.1, -0.05) is 5.10 Å². The van der Waals surface area contributed by atoms with Crippen molar-refractivity contribution in [3.63, 3.8) is 0 Å². The van der Waals surface area contributed by atoms with Gasteiger partial charge in [0.2, 0.25) is 5.89 Å². The van der Waals surface area contributed by atoms with Gasteiger partial charge in [0.15, 0.2) is 11.5 Å². The monoisotopic (exact) mass is 472 g/mol. The molecule has 1 amide bonds. The zero-order valence-electron chi connectivity index (χ0n) is 17.4. The second-order valence-corrected chi connectivity index (χ2v) is 6.60. The highest BCUT2D eigenvalue weighted by atomic mass is 19.4. The summed E-state index contributed by atoms with van der Waals surface area (Å²) in [6.45, 7) is 0. The number of rotatable bonds is 7. The fourth-order valence-corrected chi connectivity index (χ4v) is 2.79. The van der Waals surface area contributed by atoms with Crippen molar-refractivity contribution in [1.29, 1.82) is 0 Å². The van der Waals surface area contributed by atoms with E-state index in [1.165, 1.54) is 19.2 Å². The van der Waals surface area contributed by atoms with Gasteiger partial charge < -0.3 is 18.6 Å². The Morgan fingerprint density at radius 2 is 1.79 bits per heavy atom. The summed E-state index contributed by atoms with van der Waals surface area (Å²) < 4.78 is 57.7. The van der Waals surface area contributed by atoms with Crippen LogP contribution in [0.2, 0.25) is 0 Å². The maximum Gasteiger partial charge on any atom is 0.573 e. The second kappa shape index (κ2) is 9.48. The van der Waals surface area contributed by atoms with Crippen LogP contribution >= 0.6 is 0 Å². The van der Waals surface area contributed by atoms with Crippen molar-refractivity contribution < 1.29 is 36.6 Å². The van der Waals surface area contributed by atoms with Crippen molar-refractivity contribution in [2.24, 2.45) is 0 Å². The van der Waals surface area contributed by atoms with Crippen LogP contribution in [0.4, 0.5) is 19.2 Å². The number of halogens is 3. The van der Waals surface area contributed by atoms with Gasteiger partial charge in [0, 0.05) is 17.3 Å². The molecule has 12 heteroatoms. The van der Waals surface area contributed by atoms with Crippen molar-refractivity contribution in [2.45, 2.75) is 6.36 Å². The summed E-state index contributed by atoms with van der Waals surface area (Å²) in [5.41, 5.74) is 0.411. The van der Waals surface area contributed by atoms with Crippen molar-refractivity contribution in [3.05, 3.63) is 72.6 Å². The number of nitrogens with one attached hydrogen (secondary N) is 1. The Labute approximate surface area is 190 Å². The number of amides is 1. The Morgan fingerprint density at radius 3 is 2.47 bits per heavy atom. The number of methoxy groups -OCH3 is 1. The first kappa shape index (κ1) is 22.6. The SMILES string of the molecule is COc1ccc(C(=O)Nc2nnc(-c3ccc(Oc4cccnc4)cc3)o2)cc1OC(F)(F)F. The minimum Gasteiger partial charge on any atom is -0.493 e. The van der Waals surface area contributed by atoms with Gasteiger partial charge in [-0.05, 0) is 54.6 Å². The lowest BCUT2D eigenvalue weighted by Crippen LogP contribution is -2.18. The van der Waals surface area contributed by atoms with Gasteiger partial charge in [-0.3, -0.25) is 15.1 Å². The minimum absolute atomic E-state index is 0.110.